The van der Waals surface area contributed by atoms with Gasteiger partial charge in [0.1, 0.15) is 6.07 Å². The van der Waals surface area contributed by atoms with Gasteiger partial charge in [-0.2, -0.15) is 5.26 Å². The number of carbonyl (C=O) groups is 1. The highest BCUT2D eigenvalue weighted by Crippen LogP contribution is 2.16. The van der Waals surface area contributed by atoms with Crippen molar-refractivity contribution in [2.45, 2.75) is 32.6 Å². The summed E-state index contributed by atoms with van der Waals surface area (Å²) >= 11 is 0. The molecule has 0 aliphatic carbocycles. The van der Waals surface area contributed by atoms with Crippen LogP contribution in [0.2, 0.25) is 0 Å². The Labute approximate surface area is 142 Å². The number of pyridine rings is 1. The molecule has 1 fully saturated rings. The maximum Gasteiger partial charge on any atom is 0.409 e. The average Bonchev–Trinajstić information content (AvgIpc) is 2.62. The number of nitriles is 1. The molecule has 2 heterocycles. The van der Waals surface area contributed by atoms with Gasteiger partial charge in [-0.3, -0.25) is 4.98 Å². The first kappa shape index (κ1) is 17.6. The number of ether oxygens (including phenoxy) is 1. The predicted molar refractivity (Wildman–Crippen MR) is 91.0 cm³/mol. The molecule has 0 spiro atoms. The highest BCUT2D eigenvalue weighted by atomic mass is 16.6. The Kier molecular flexibility index (Phi) is 6.86. The van der Waals surface area contributed by atoms with Gasteiger partial charge in [0, 0.05) is 31.0 Å². The number of nitrogens with zero attached hydrogens (tertiary/aromatic N) is 3. The first-order chi connectivity index (χ1) is 11.7. The fourth-order valence-electron chi connectivity index (χ4n) is 2.31. The molecule has 1 amide bonds. The van der Waals surface area contributed by atoms with Gasteiger partial charge in [0.05, 0.1) is 12.2 Å². The van der Waals surface area contributed by atoms with Crippen molar-refractivity contribution in [2.24, 2.45) is 0 Å². The summed E-state index contributed by atoms with van der Waals surface area (Å²) in [5.74, 6) is 6.00. The molecule has 2 rings (SSSR count). The van der Waals surface area contributed by atoms with E-state index in [1.807, 2.05) is 12.1 Å². The smallest absolute Gasteiger partial charge is 0.409 e. The van der Waals surface area contributed by atoms with Crippen molar-refractivity contribution in [2.75, 3.05) is 19.7 Å². The van der Waals surface area contributed by atoms with Gasteiger partial charge in [-0.15, -0.1) is 0 Å². The zero-order chi connectivity index (χ0) is 17.2. The molecule has 0 unspecified atom stereocenters. The Bertz CT molecular complexity index is 697. The van der Waals surface area contributed by atoms with Crippen LogP contribution in [0.5, 0.6) is 0 Å². The van der Waals surface area contributed by atoms with Gasteiger partial charge in [0.2, 0.25) is 0 Å². The summed E-state index contributed by atoms with van der Waals surface area (Å²) < 4.78 is 5.22. The lowest BCUT2D eigenvalue weighted by atomic mass is 10.0. The first-order valence-electron chi connectivity index (χ1n) is 8.19. The second-order valence-electron chi connectivity index (χ2n) is 5.60. The number of rotatable bonds is 3. The van der Waals surface area contributed by atoms with Crippen molar-refractivity contribution in [3.63, 3.8) is 0 Å². The minimum atomic E-state index is -0.215. The molecule has 1 aromatic heterocycles. The van der Waals surface area contributed by atoms with E-state index >= 15 is 0 Å². The predicted octanol–water partition coefficient (Wildman–Crippen LogP) is 3.26. The molecule has 1 saturated heterocycles. The molecule has 0 atom stereocenters. The summed E-state index contributed by atoms with van der Waals surface area (Å²) in [5, 5.41) is 8.84. The molecule has 0 aromatic carbocycles. The van der Waals surface area contributed by atoms with E-state index in [0.717, 1.165) is 31.2 Å². The molecule has 0 bridgehead atoms. The van der Waals surface area contributed by atoms with Gasteiger partial charge in [-0.05, 0) is 31.4 Å². The van der Waals surface area contributed by atoms with Crippen LogP contribution in [0.4, 0.5) is 4.79 Å². The Morgan fingerprint density at radius 3 is 2.83 bits per heavy atom. The Morgan fingerprint density at radius 1 is 1.38 bits per heavy atom. The molecular weight excluding hydrogens is 302 g/mol. The second-order valence-corrected chi connectivity index (χ2v) is 5.60. The summed E-state index contributed by atoms with van der Waals surface area (Å²) in [4.78, 5) is 17.6. The molecule has 0 saturated carbocycles. The summed E-state index contributed by atoms with van der Waals surface area (Å²) in [7, 11) is 0. The summed E-state index contributed by atoms with van der Waals surface area (Å²) in [6.07, 6.45) is 8.39. The van der Waals surface area contributed by atoms with Crippen LogP contribution in [-0.2, 0) is 4.74 Å². The molecule has 124 valence electrons. The summed E-state index contributed by atoms with van der Waals surface area (Å²) in [6.45, 7) is 3.91. The van der Waals surface area contributed by atoms with Crippen LogP contribution >= 0.6 is 0 Å². The van der Waals surface area contributed by atoms with Gasteiger partial charge >= 0.3 is 6.09 Å². The van der Waals surface area contributed by atoms with E-state index < -0.39 is 0 Å². The highest BCUT2D eigenvalue weighted by molar-refractivity contribution is 5.67. The van der Waals surface area contributed by atoms with Crippen LogP contribution in [0.3, 0.4) is 0 Å². The number of hydrogen-bond acceptors (Lipinski definition) is 4. The molecule has 24 heavy (non-hydrogen) atoms. The maximum atomic E-state index is 11.9. The largest absolute Gasteiger partial charge is 0.449 e. The van der Waals surface area contributed by atoms with Crippen LogP contribution in [0.25, 0.3) is 0 Å². The molecule has 0 radical (unpaired) electrons. The van der Waals surface area contributed by atoms with Crippen molar-refractivity contribution in [3.05, 3.63) is 41.2 Å². The van der Waals surface area contributed by atoms with E-state index in [0.29, 0.717) is 25.3 Å². The summed E-state index contributed by atoms with van der Waals surface area (Å²) in [5.41, 5.74) is 2.46. The van der Waals surface area contributed by atoms with Crippen molar-refractivity contribution >= 4 is 6.09 Å². The van der Waals surface area contributed by atoms with E-state index in [2.05, 4.69) is 23.7 Å². The second kappa shape index (κ2) is 9.37. The monoisotopic (exact) mass is 323 g/mol. The van der Waals surface area contributed by atoms with E-state index in [-0.39, 0.29) is 6.09 Å². The molecule has 1 aliphatic heterocycles. The third kappa shape index (κ3) is 5.44. The molecule has 1 aromatic rings. The first-order valence-corrected chi connectivity index (χ1v) is 8.19. The van der Waals surface area contributed by atoms with Gasteiger partial charge in [0.25, 0.3) is 0 Å². The Morgan fingerprint density at radius 2 is 2.12 bits per heavy atom. The number of unbranched alkanes of at least 4 members (excludes halogenated alkanes) is 1. The average molecular weight is 323 g/mol. The van der Waals surface area contributed by atoms with Crippen molar-refractivity contribution in [3.8, 4) is 17.9 Å². The lowest BCUT2D eigenvalue weighted by Gasteiger charge is -2.27. The topological polar surface area (TPSA) is 66.2 Å². The SMILES string of the molecule is CCCCOC(=O)N1CCC(=CC#Cc2cncc(C#N)c2)CC1. The molecule has 0 N–H and O–H groups in total. The van der Waals surface area contributed by atoms with Crippen LogP contribution < -0.4 is 0 Å². The normalized spacial score (nSPS) is 13.5. The van der Waals surface area contributed by atoms with Crippen molar-refractivity contribution < 1.29 is 9.53 Å². The van der Waals surface area contributed by atoms with Crippen LogP contribution in [0.15, 0.2) is 30.1 Å². The maximum absolute atomic E-state index is 11.9. The lowest BCUT2D eigenvalue weighted by molar-refractivity contribution is 0.0983. The van der Waals surface area contributed by atoms with Crippen LogP contribution in [0, 0.1) is 23.2 Å². The van der Waals surface area contributed by atoms with E-state index in [9.17, 15) is 4.79 Å². The van der Waals surface area contributed by atoms with Crippen LogP contribution in [0.1, 0.15) is 43.7 Å². The number of piperidine rings is 1. The molecular formula is C19H21N3O2. The van der Waals surface area contributed by atoms with Gasteiger partial charge in [-0.25, -0.2) is 4.79 Å². The Balaban J connectivity index is 1.84. The number of amides is 1. The van der Waals surface area contributed by atoms with Crippen LogP contribution in [-0.4, -0.2) is 35.7 Å². The molecule has 5 nitrogen and oxygen atoms in total. The quantitative estimate of drug-likeness (QED) is 0.632. The number of carbonyl (C=O) groups excluding carboxylic acids is 1. The van der Waals surface area contributed by atoms with E-state index in [1.165, 1.54) is 11.8 Å². The highest BCUT2D eigenvalue weighted by Gasteiger charge is 2.19. The Hall–Kier alpha value is -2.79. The zero-order valence-corrected chi connectivity index (χ0v) is 13.9. The number of aromatic nitrogens is 1. The lowest BCUT2D eigenvalue weighted by Crippen LogP contribution is -2.36. The number of likely N-dealkylation sites (tertiary alicyclic amines) is 1. The number of allylic oxidation sites excluding steroid dienone is 1. The van der Waals surface area contributed by atoms with E-state index in [1.54, 1.807) is 17.2 Å². The standard InChI is InChI=1S/C19H21N3O2/c1-2-3-11-24-19(23)22-9-7-16(8-10-22)5-4-6-17-12-18(13-20)15-21-14-17/h5,12,14-15H,2-3,7-11H2,1H3. The molecule has 5 heteroatoms. The zero-order valence-electron chi connectivity index (χ0n) is 13.9. The van der Waals surface area contributed by atoms with E-state index in [4.69, 9.17) is 10.00 Å². The summed E-state index contributed by atoms with van der Waals surface area (Å²) in [6, 6.07) is 3.76. The van der Waals surface area contributed by atoms with Gasteiger partial charge in [0.15, 0.2) is 0 Å². The minimum Gasteiger partial charge on any atom is -0.449 e. The minimum absolute atomic E-state index is 0.215. The fourth-order valence-corrected chi connectivity index (χ4v) is 2.31. The van der Waals surface area contributed by atoms with Crippen molar-refractivity contribution in [1.82, 2.24) is 9.88 Å². The van der Waals surface area contributed by atoms with Gasteiger partial charge < -0.3 is 9.64 Å². The number of hydrogen-bond donors (Lipinski definition) is 0. The third-order valence-electron chi connectivity index (χ3n) is 3.75. The molecule has 1 aliphatic rings. The van der Waals surface area contributed by atoms with Crippen molar-refractivity contribution in [1.29, 1.82) is 5.26 Å². The van der Waals surface area contributed by atoms with Gasteiger partial charge in [-0.1, -0.05) is 30.8 Å². The fraction of sp³-hybridized carbons (Fsp3) is 0.421. The third-order valence-corrected chi connectivity index (χ3v) is 3.75.